The number of aromatic amines is 1. The number of benzene rings is 1. The molecular formula is C17H17N3O3. The monoisotopic (exact) mass is 311 g/mol. The van der Waals surface area contributed by atoms with Gasteiger partial charge in [0.15, 0.2) is 5.82 Å². The zero-order chi connectivity index (χ0) is 16.6. The molecule has 23 heavy (non-hydrogen) atoms. The van der Waals surface area contributed by atoms with Crippen LogP contribution >= 0.6 is 0 Å². The number of Topliss-reactive ketones (excluding diaryl/α,β-unsaturated/α-hetero) is 1. The summed E-state index contributed by atoms with van der Waals surface area (Å²) >= 11 is 0. The van der Waals surface area contributed by atoms with Gasteiger partial charge in [-0.05, 0) is 26.0 Å². The van der Waals surface area contributed by atoms with Crippen LogP contribution in [0.2, 0.25) is 0 Å². The standard InChI is InChI=1S/C17H17N3O3/c1-9-8-18-13(10(2)16(9)23-3)7-15(22)17-19-12-5-4-11(21)6-14(12)20-17/h4-6,8,21H,7H2,1-3H3,(H,19,20). The largest absolute Gasteiger partial charge is 0.508 e. The molecule has 2 heterocycles. The van der Waals surface area contributed by atoms with Crippen LogP contribution in [-0.4, -0.2) is 33.0 Å². The number of phenols is 1. The second-order valence-corrected chi connectivity index (χ2v) is 5.43. The number of carbonyl (C=O) groups excluding carboxylic acids is 1. The summed E-state index contributed by atoms with van der Waals surface area (Å²) < 4.78 is 5.36. The van der Waals surface area contributed by atoms with Crippen LogP contribution in [0.3, 0.4) is 0 Å². The van der Waals surface area contributed by atoms with Gasteiger partial charge in [0.25, 0.3) is 0 Å². The van der Waals surface area contributed by atoms with Crippen LogP contribution in [0.25, 0.3) is 11.0 Å². The molecule has 0 aliphatic carbocycles. The van der Waals surface area contributed by atoms with Gasteiger partial charge in [-0.15, -0.1) is 0 Å². The zero-order valence-corrected chi connectivity index (χ0v) is 13.2. The van der Waals surface area contributed by atoms with Crippen molar-refractivity contribution >= 4 is 16.8 Å². The van der Waals surface area contributed by atoms with Gasteiger partial charge in [-0.1, -0.05) is 0 Å². The maximum absolute atomic E-state index is 12.5. The fourth-order valence-corrected chi connectivity index (χ4v) is 2.61. The summed E-state index contributed by atoms with van der Waals surface area (Å²) in [6.07, 6.45) is 1.83. The van der Waals surface area contributed by atoms with Crippen LogP contribution in [0.5, 0.6) is 11.5 Å². The van der Waals surface area contributed by atoms with Crippen LogP contribution in [0, 0.1) is 13.8 Å². The number of aryl methyl sites for hydroxylation is 1. The SMILES string of the molecule is COc1c(C)cnc(CC(=O)c2nc3ccc(O)cc3[nH]2)c1C. The Morgan fingerprint density at radius 2 is 2.13 bits per heavy atom. The molecule has 0 aliphatic rings. The van der Waals surface area contributed by atoms with Crippen LogP contribution in [-0.2, 0) is 6.42 Å². The van der Waals surface area contributed by atoms with Crippen molar-refractivity contribution in [3.05, 3.63) is 47.0 Å². The highest BCUT2D eigenvalue weighted by atomic mass is 16.5. The minimum absolute atomic E-state index is 0.126. The molecule has 3 rings (SSSR count). The minimum Gasteiger partial charge on any atom is -0.508 e. The molecule has 0 spiro atoms. The van der Waals surface area contributed by atoms with Crippen molar-refractivity contribution < 1.29 is 14.6 Å². The van der Waals surface area contributed by atoms with Crippen LogP contribution in [0.4, 0.5) is 0 Å². The Morgan fingerprint density at radius 3 is 2.87 bits per heavy atom. The van der Waals surface area contributed by atoms with Gasteiger partial charge in [-0.2, -0.15) is 0 Å². The van der Waals surface area contributed by atoms with Gasteiger partial charge >= 0.3 is 0 Å². The quantitative estimate of drug-likeness (QED) is 0.723. The zero-order valence-electron chi connectivity index (χ0n) is 13.2. The minimum atomic E-state index is -0.165. The number of nitrogens with one attached hydrogen (secondary N) is 1. The van der Waals surface area contributed by atoms with Crippen molar-refractivity contribution in [3.8, 4) is 11.5 Å². The van der Waals surface area contributed by atoms with E-state index < -0.39 is 0 Å². The number of methoxy groups -OCH3 is 1. The molecule has 0 amide bonds. The Hall–Kier alpha value is -2.89. The number of hydrogen-bond donors (Lipinski definition) is 2. The molecule has 0 saturated heterocycles. The molecular weight excluding hydrogens is 294 g/mol. The number of fused-ring (bicyclic) bond motifs is 1. The number of nitrogens with zero attached hydrogens (tertiary/aromatic N) is 2. The Labute approximate surface area is 133 Å². The topological polar surface area (TPSA) is 88.1 Å². The first-order chi connectivity index (χ1) is 11.0. The highest BCUT2D eigenvalue weighted by Gasteiger charge is 2.17. The molecule has 2 N–H and O–H groups in total. The highest BCUT2D eigenvalue weighted by molar-refractivity contribution is 5.97. The second kappa shape index (κ2) is 5.72. The Morgan fingerprint density at radius 1 is 1.35 bits per heavy atom. The Bertz CT molecular complexity index is 899. The summed E-state index contributed by atoms with van der Waals surface area (Å²) in [7, 11) is 1.60. The number of hydrogen-bond acceptors (Lipinski definition) is 5. The number of ketones is 1. The molecule has 0 radical (unpaired) electrons. The fourth-order valence-electron chi connectivity index (χ4n) is 2.61. The first kappa shape index (κ1) is 15.0. The Kier molecular flexibility index (Phi) is 3.73. The number of H-pyrrole nitrogens is 1. The predicted octanol–water partition coefficient (Wildman–Crippen LogP) is 2.71. The lowest BCUT2D eigenvalue weighted by atomic mass is 10.1. The van der Waals surface area contributed by atoms with Crippen molar-refractivity contribution in [2.24, 2.45) is 0 Å². The first-order valence-corrected chi connectivity index (χ1v) is 7.20. The number of imidazole rings is 1. The van der Waals surface area contributed by atoms with Crippen LogP contribution in [0.1, 0.15) is 27.4 Å². The van der Waals surface area contributed by atoms with E-state index in [-0.39, 0.29) is 23.8 Å². The van der Waals surface area contributed by atoms with E-state index in [1.54, 1.807) is 19.4 Å². The van der Waals surface area contributed by atoms with Crippen molar-refractivity contribution in [3.63, 3.8) is 0 Å². The maximum atomic E-state index is 12.5. The normalized spacial score (nSPS) is 10.9. The van der Waals surface area contributed by atoms with Gasteiger partial charge in [0.05, 0.1) is 30.3 Å². The van der Waals surface area contributed by atoms with E-state index in [1.165, 1.54) is 12.1 Å². The second-order valence-electron chi connectivity index (χ2n) is 5.43. The lowest BCUT2D eigenvalue weighted by Crippen LogP contribution is -2.09. The van der Waals surface area contributed by atoms with Crippen molar-refractivity contribution in [2.45, 2.75) is 20.3 Å². The molecule has 6 heteroatoms. The number of phenolic OH excluding ortho intramolecular Hbond substituents is 1. The molecule has 0 atom stereocenters. The lowest BCUT2D eigenvalue weighted by molar-refractivity contribution is 0.0983. The van der Waals surface area contributed by atoms with Crippen molar-refractivity contribution in [1.82, 2.24) is 15.0 Å². The maximum Gasteiger partial charge on any atom is 0.204 e. The summed E-state index contributed by atoms with van der Waals surface area (Å²) in [5, 5.41) is 9.48. The third-order valence-corrected chi connectivity index (χ3v) is 3.81. The van der Waals surface area contributed by atoms with Crippen molar-refractivity contribution in [2.75, 3.05) is 7.11 Å². The number of aromatic hydroxyl groups is 1. The molecule has 0 aliphatic heterocycles. The summed E-state index contributed by atoms with van der Waals surface area (Å²) in [5.74, 6) is 0.965. The van der Waals surface area contributed by atoms with E-state index in [0.29, 0.717) is 16.7 Å². The number of ether oxygens (including phenoxy) is 1. The molecule has 2 aromatic heterocycles. The third kappa shape index (κ3) is 2.75. The number of rotatable bonds is 4. The molecule has 1 aromatic carbocycles. The highest BCUT2D eigenvalue weighted by Crippen LogP contribution is 2.25. The van der Waals surface area contributed by atoms with E-state index in [4.69, 9.17) is 4.74 Å². The van der Waals surface area contributed by atoms with Crippen LogP contribution < -0.4 is 4.74 Å². The molecule has 0 bridgehead atoms. The lowest BCUT2D eigenvalue weighted by Gasteiger charge is -2.11. The van der Waals surface area contributed by atoms with Gasteiger partial charge in [0, 0.05) is 23.4 Å². The van der Waals surface area contributed by atoms with E-state index in [0.717, 1.165) is 16.9 Å². The molecule has 6 nitrogen and oxygen atoms in total. The number of pyridine rings is 1. The van der Waals surface area contributed by atoms with Gasteiger partial charge in [-0.3, -0.25) is 9.78 Å². The van der Waals surface area contributed by atoms with E-state index in [1.807, 2.05) is 13.8 Å². The fraction of sp³-hybridized carbons (Fsp3) is 0.235. The Balaban J connectivity index is 1.91. The molecule has 3 aromatic rings. The molecule has 118 valence electrons. The van der Waals surface area contributed by atoms with Crippen LogP contribution in [0.15, 0.2) is 24.4 Å². The third-order valence-electron chi connectivity index (χ3n) is 3.81. The molecule has 0 fully saturated rings. The van der Waals surface area contributed by atoms with E-state index in [9.17, 15) is 9.90 Å². The predicted molar refractivity (Wildman–Crippen MR) is 86.1 cm³/mol. The summed E-state index contributed by atoms with van der Waals surface area (Å²) in [4.78, 5) is 24.0. The van der Waals surface area contributed by atoms with Crippen molar-refractivity contribution in [1.29, 1.82) is 0 Å². The van der Waals surface area contributed by atoms with Gasteiger partial charge in [0.1, 0.15) is 11.5 Å². The molecule has 0 saturated carbocycles. The smallest absolute Gasteiger partial charge is 0.204 e. The van der Waals surface area contributed by atoms with Gasteiger partial charge in [0.2, 0.25) is 5.78 Å². The average Bonchev–Trinajstić information content (AvgIpc) is 2.93. The van der Waals surface area contributed by atoms with Gasteiger partial charge < -0.3 is 14.8 Å². The van der Waals surface area contributed by atoms with Gasteiger partial charge in [-0.25, -0.2) is 4.98 Å². The average molecular weight is 311 g/mol. The van der Waals surface area contributed by atoms with E-state index >= 15 is 0 Å². The van der Waals surface area contributed by atoms with E-state index in [2.05, 4.69) is 15.0 Å². The first-order valence-electron chi connectivity index (χ1n) is 7.20. The molecule has 0 unspecified atom stereocenters. The summed E-state index contributed by atoms with van der Waals surface area (Å²) in [6.45, 7) is 3.80. The summed E-state index contributed by atoms with van der Waals surface area (Å²) in [6, 6.07) is 4.74. The number of carbonyl (C=O) groups is 1. The summed E-state index contributed by atoms with van der Waals surface area (Å²) in [5.41, 5.74) is 3.72. The number of aromatic nitrogens is 3.